The van der Waals surface area contributed by atoms with E-state index in [1.54, 1.807) is 62.4 Å². The summed E-state index contributed by atoms with van der Waals surface area (Å²) in [5, 5.41) is 12.3. The number of carboxylic acid groups (broad SMARTS) is 1. The number of rotatable bonds is 7. The molecular weight excluding hydrogens is 321 g/mol. The lowest BCUT2D eigenvalue weighted by Crippen LogP contribution is -2.44. The standard InChI is InChI=1S/C20H22FNO3/c1-14(16-10-6-7-11-17(16)21)12-18(23)22-13-20(2,19(24)25)15-8-4-3-5-9-15/h3-11,14H,12-13H2,1-2H3,(H,22,23)(H,24,25). The second kappa shape index (κ2) is 7.92. The number of halogens is 1. The van der Waals surface area contributed by atoms with Gasteiger partial charge in [-0.15, -0.1) is 0 Å². The van der Waals surface area contributed by atoms with E-state index in [0.717, 1.165) is 0 Å². The highest BCUT2D eigenvalue weighted by Crippen LogP contribution is 2.24. The minimum absolute atomic E-state index is 0.0326. The summed E-state index contributed by atoms with van der Waals surface area (Å²) in [6.45, 7) is 3.31. The maximum absolute atomic E-state index is 13.8. The average Bonchev–Trinajstić information content (AvgIpc) is 2.60. The maximum atomic E-state index is 13.8. The third-order valence-corrected chi connectivity index (χ3v) is 4.45. The molecule has 0 heterocycles. The van der Waals surface area contributed by atoms with Gasteiger partial charge in [0.05, 0.1) is 0 Å². The Bertz CT molecular complexity index is 748. The largest absolute Gasteiger partial charge is 0.481 e. The number of hydrogen-bond acceptors (Lipinski definition) is 2. The molecule has 0 fully saturated rings. The van der Waals surface area contributed by atoms with Crippen LogP contribution in [-0.2, 0) is 15.0 Å². The molecule has 4 nitrogen and oxygen atoms in total. The Balaban J connectivity index is 2.02. The second-order valence-electron chi connectivity index (χ2n) is 6.41. The van der Waals surface area contributed by atoms with Crippen LogP contribution in [0.15, 0.2) is 54.6 Å². The third-order valence-electron chi connectivity index (χ3n) is 4.45. The number of benzene rings is 2. The number of nitrogens with one attached hydrogen (secondary N) is 1. The highest BCUT2D eigenvalue weighted by Gasteiger charge is 2.35. The van der Waals surface area contributed by atoms with Gasteiger partial charge in [0, 0.05) is 13.0 Å². The molecule has 0 bridgehead atoms. The van der Waals surface area contributed by atoms with Crippen molar-refractivity contribution < 1.29 is 19.1 Å². The van der Waals surface area contributed by atoms with Gasteiger partial charge >= 0.3 is 5.97 Å². The van der Waals surface area contributed by atoms with E-state index in [-0.39, 0.29) is 30.6 Å². The van der Waals surface area contributed by atoms with Crippen LogP contribution in [0.1, 0.15) is 37.3 Å². The quantitative estimate of drug-likeness (QED) is 0.809. The average molecular weight is 343 g/mol. The molecule has 0 aliphatic carbocycles. The first-order chi connectivity index (χ1) is 11.8. The van der Waals surface area contributed by atoms with Crippen LogP contribution in [0.2, 0.25) is 0 Å². The fourth-order valence-electron chi connectivity index (χ4n) is 2.72. The molecule has 0 aliphatic heterocycles. The predicted molar refractivity (Wildman–Crippen MR) is 93.9 cm³/mol. The van der Waals surface area contributed by atoms with Gasteiger partial charge in [-0.2, -0.15) is 0 Å². The first-order valence-electron chi connectivity index (χ1n) is 8.14. The fraction of sp³-hybridized carbons (Fsp3) is 0.300. The monoisotopic (exact) mass is 343 g/mol. The predicted octanol–water partition coefficient (Wildman–Crippen LogP) is 3.48. The lowest BCUT2D eigenvalue weighted by atomic mass is 9.82. The van der Waals surface area contributed by atoms with Gasteiger partial charge in [-0.3, -0.25) is 9.59 Å². The summed E-state index contributed by atoms with van der Waals surface area (Å²) in [4.78, 5) is 23.9. The Hall–Kier alpha value is -2.69. The van der Waals surface area contributed by atoms with Crippen LogP contribution < -0.4 is 5.32 Å². The molecule has 5 heteroatoms. The van der Waals surface area contributed by atoms with E-state index in [1.807, 2.05) is 0 Å². The Morgan fingerprint density at radius 3 is 2.32 bits per heavy atom. The number of carbonyl (C=O) groups is 2. The lowest BCUT2D eigenvalue weighted by molar-refractivity contribution is -0.143. The second-order valence-corrected chi connectivity index (χ2v) is 6.41. The van der Waals surface area contributed by atoms with E-state index in [9.17, 15) is 19.1 Å². The van der Waals surface area contributed by atoms with Gasteiger partial charge < -0.3 is 10.4 Å². The highest BCUT2D eigenvalue weighted by molar-refractivity contribution is 5.83. The molecule has 0 aromatic heterocycles. The summed E-state index contributed by atoms with van der Waals surface area (Å²) >= 11 is 0. The number of carbonyl (C=O) groups excluding carboxylic acids is 1. The molecule has 0 spiro atoms. The van der Waals surface area contributed by atoms with Gasteiger partial charge in [-0.1, -0.05) is 55.5 Å². The molecule has 2 atom stereocenters. The first-order valence-corrected chi connectivity index (χ1v) is 8.14. The van der Waals surface area contributed by atoms with E-state index in [1.165, 1.54) is 6.07 Å². The fourth-order valence-corrected chi connectivity index (χ4v) is 2.72. The molecule has 0 saturated carbocycles. The highest BCUT2D eigenvalue weighted by atomic mass is 19.1. The summed E-state index contributed by atoms with van der Waals surface area (Å²) < 4.78 is 13.8. The molecule has 25 heavy (non-hydrogen) atoms. The zero-order valence-corrected chi connectivity index (χ0v) is 14.3. The summed E-state index contributed by atoms with van der Waals surface area (Å²) in [5.41, 5.74) is -0.135. The van der Waals surface area contributed by atoms with E-state index < -0.39 is 11.4 Å². The normalized spacial score (nSPS) is 14.4. The summed E-state index contributed by atoms with van der Waals surface area (Å²) in [6, 6.07) is 15.1. The van der Waals surface area contributed by atoms with Crippen molar-refractivity contribution in [2.24, 2.45) is 0 Å². The first kappa shape index (κ1) is 18.6. The molecule has 0 aliphatic rings. The summed E-state index contributed by atoms with van der Waals surface area (Å²) in [6.07, 6.45) is 0.0887. The molecule has 2 aromatic carbocycles. The number of hydrogen-bond donors (Lipinski definition) is 2. The number of amides is 1. The van der Waals surface area contributed by atoms with Crippen LogP contribution in [0.25, 0.3) is 0 Å². The smallest absolute Gasteiger partial charge is 0.315 e. The molecule has 0 saturated heterocycles. The van der Waals surface area contributed by atoms with E-state index in [2.05, 4.69) is 5.32 Å². The molecule has 2 rings (SSSR count). The van der Waals surface area contributed by atoms with Gasteiger partial charge in [0.15, 0.2) is 0 Å². The van der Waals surface area contributed by atoms with Crippen LogP contribution in [0, 0.1) is 5.82 Å². The molecule has 132 valence electrons. The number of aliphatic carboxylic acids is 1. The number of carboxylic acids is 1. The molecule has 0 radical (unpaired) electrons. The topological polar surface area (TPSA) is 66.4 Å². The van der Waals surface area contributed by atoms with Crippen molar-refractivity contribution in [1.82, 2.24) is 5.32 Å². The Morgan fingerprint density at radius 1 is 1.12 bits per heavy atom. The van der Waals surface area contributed by atoms with Gasteiger partial charge in [0.1, 0.15) is 11.2 Å². The molecule has 1 amide bonds. The van der Waals surface area contributed by atoms with Crippen LogP contribution >= 0.6 is 0 Å². The molecule has 2 unspecified atom stereocenters. The van der Waals surface area contributed by atoms with Crippen molar-refractivity contribution in [2.45, 2.75) is 31.6 Å². The van der Waals surface area contributed by atoms with Gasteiger partial charge in [0.2, 0.25) is 5.91 Å². The van der Waals surface area contributed by atoms with E-state index in [4.69, 9.17) is 0 Å². The third kappa shape index (κ3) is 4.44. The SMILES string of the molecule is CC(CC(=O)NCC(C)(C(=O)O)c1ccccc1)c1ccccc1F. The van der Waals surface area contributed by atoms with Gasteiger partial charge in [0.25, 0.3) is 0 Å². The summed E-state index contributed by atoms with van der Waals surface area (Å²) in [5.74, 6) is -1.96. The zero-order valence-electron chi connectivity index (χ0n) is 14.3. The molecule has 2 aromatic rings. The van der Waals surface area contributed by atoms with Crippen LogP contribution in [0.4, 0.5) is 4.39 Å². The minimum Gasteiger partial charge on any atom is -0.481 e. The van der Waals surface area contributed by atoms with Crippen molar-refractivity contribution in [3.05, 3.63) is 71.5 Å². The van der Waals surface area contributed by atoms with Crippen molar-refractivity contribution >= 4 is 11.9 Å². The maximum Gasteiger partial charge on any atom is 0.315 e. The zero-order chi connectivity index (χ0) is 18.4. The van der Waals surface area contributed by atoms with Crippen molar-refractivity contribution in [1.29, 1.82) is 0 Å². The minimum atomic E-state index is -1.22. The van der Waals surface area contributed by atoms with Crippen LogP contribution in [-0.4, -0.2) is 23.5 Å². The molecular formula is C20H22FNO3. The van der Waals surface area contributed by atoms with Crippen molar-refractivity contribution in [2.75, 3.05) is 6.54 Å². The van der Waals surface area contributed by atoms with E-state index >= 15 is 0 Å². The Morgan fingerprint density at radius 2 is 1.72 bits per heavy atom. The van der Waals surface area contributed by atoms with Crippen LogP contribution in [0.3, 0.4) is 0 Å². The Labute approximate surface area is 146 Å². The van der Waals surface area contributed by atoms with Crippen molar-refractivity contribution in [3.8, 4) is 0 Å². The van der Waals surface area contributed by atoms with Crippen molar-refractivity contribution in [3.63, 3.8) is 0 Å². The van der Waals surface area contributed by atoms with E-state index in [0.29, 0.717) is 11.1 Å². The van der Waals surface area contributed by atoms with Crippen LogP contribution in [0.5, 0.6) is 0 Å². The summed E-state index contributed by atoms with van der Waals surface area (Å²) in [7, 11) is 0. The van der Waals surface area contributed by atoms with Gasteiger partial charge in [-0.25, -0.2) is 4.39 Å². The Kier molecular flexibility index (Phi) is 5.91. The van der Waals surface area contributed by atoms with Gasteiger partial charge in [-0.05, 0) is 30.0 Å². The lowest BCUT2D eigenvalue weighted by Gasteiger charge is -2.26. The molecule has 2 N–H and O–H groups in total.